The molecule has 1 aromatic carbocycles. The number of nitrogens with one attached hydrogen (secondary N) is 1. The van der Waals surface area contributed by atoms with E-state index in [1.165, 1.54) is 0 Å². The van der Waals surface area contributed by atoms with Crippen molar-refractivity contribution in [2.24, 2.45) is 0 Å². The van der Waals surface area contributed by atoms with E-state index >= 15 is 0 Å². The molecule has 0 aromatic heterocycles. The third-order valence-electron chi connectivity index (χ3n) is 2.10. The largest absolute Gasteiger partial charge is 0.416 e. The lowest BCUT2D eigenvalue weighted by Crippen LogP contribution is -2.09. The number of benzene rings is 1. The summed E-state index contributed by atoms with van der Waals surface area (Å²) in [7, 11) is 0. The summed E-state index contributed by atoms with van der Waals surface area (Å²) in [5.41, 5.74) is -0.902. The fourth-order valence-corrected chi connectivity index (χ4v) is 1.25. The maximum absolute atomic E-state index is 12.4. The lowest BCUT2D eigenvalue weighted by molar-refractivity contribution is -0.384. The molecule has 0 aliphatic rings. The smallest absolute Gasteiger partial charge is 0.376 e. The van der Waals surface area contributed by atoms with Gasteiger partial charge in [-0.1, -0.05) is 12.2 Å². The molecule has 1 aromatic rings. The van der Waals surface area contributed by atoms with Crippen LogP contribution in [-0.4, -0.2) is 11.5 Å². The van der Waals surface area contributed by atoms with Crippen molar-refractivity contribution in [3.05, 3.63) is 46.0 Å². The van der Waals surface area contributed by atoms with Crippen LogP contribution in [0.15, 0.2) is 30.4 Å². The predicted octanol–water partition coefficient (Wildman–Crippen LogP) is 3.60. The molecular weight excluding hydrogens is 249 g/mol. The van der Waals surface area contributed by atoms with E-state index in [1.807, 2.05) is 0 Å². The molecule has 0 saturated heterocycles. The van der Waals surface area contributed by atoms with Gasteiger partial charge in [-0.15, -0.1) is 0 Å². The summed E-state index contributed by atoms with van der Waals surface area (Å²) in [6.07, 6.45) is -4.60. The second kappa shape index (κ2) is 5.07. The van der Waals surface area contributed by atoms with Crippen LogP contribution in [0.2, 0.25) is 0 Å². The highest BCUT2D eigenvalue weighted by molar-refractivity contribution is 5.63. The highest BCUT2D eigenvalue weighted by atomic mass is 19.4. The minimum Gasteiger partial charge on any atom is -0.376 e. The molecule has 98 valence electrons. The number of anilines is 1. The first-order valence-electron chi connectivity index (χ1n) is 4.95. The van der Waals surface area contributed by atoms with Gasteiger partial charge in [0.15, 0.2) is 0 Å². The van der Waals surface area contributed by atoms with Crippen LogP contribution >= 0.6 is 0 Å². The first kappa shape index (κ1) is 14.0. The number of halogens is 3. The minimum atomic E-state index is -4.60. The molecule has 1 rings (SSSR count). The number of nitrogens with zero attached hydrogens (tertiary/aromatic N) is 1. The summed E-state index contributed by atoms with van der Waals surface area (Å²) < 4.78 is 37.3. The van der Waals surface area contributed by atoms with Crippen molar-refractivity contribution in [2.75, 3.05) is 11.9 Å². The number of hydrogen-bond donors (Lipinski definition) is 1. The maximum Gasteiger partial charge on any atom is 0.416 e. The number of rotatable bonds is 4. The van der Waals surface area contributed by atoms with Gasteiger partial charge >= 0.3 is 6.18 Å². The fraction of sp³-hybridized carbons (Fsp3) is 0.273. The Hall–Kier alpha value is -2.05. The van der Waals surface area contributed by atoms with Crippen molar-refractivity contribution in [3.8, 4) is 0 Å². The third kappa shape index (κ3) is 3.47. The molecule has 0 unspecified atom stereocenters. The average molecular weight is 260 g/mol. The summed E-state index contributed by atoms with van der Waals surface area (Å²) in [6, 6.07) is 2.36. The van der Waals surface area contributed by atoms with Gasteiger partial charge in [-0.2, -0.15) is 13.2 Å². The number of alkyl halides is 3. The summed E-state index contributed by atoms with van der Waals surface area (Å²) in [5, 5.41) is 13.4. The summed E-state index contributed by atoms with van der Waals surface area (Å²) in [6.45, 7) is 5.54. The van der Waals surface area contributed by atoms with Crippen molar-refractivity contribution in [1.29, 1.82) is 0 Å². The van der Waals surface area contributed by atoms with Gasteiger partial charge in [0.05, 0.1) is 10.5 Å². The van der Waals surface area contributed by atoms with Crippen LogP contribution in [0.1, 0.15) is 12.5 Å². The Morgan fingerprint density at radius 1 is 1.50 bits per heavy atom. The van der Waals surface area contributed by atoms with Crippen LogP contribution in [0.25, 0.3) is 0 Å². The Labute approximate surface area is 101 Å². The van der Waals surface area contributed by atoms with Crippen LogP contribution < -0.4 is 5.32 Å². The average Bonchev–Trinajstić information content (AvgIpc) is 2.24. The van der Waals surface area contributed by atoms with E-state index in [-0.39, 0.29) is 12.2 Å². The molecule has 0 spiro atoms. The standard InChI is InChI=1S/C11H11F3N2O2/c1-7(2)6-15-9-4-3-8(11(12,13)14)5-10(9)16(17)18/h3-5,15H,1,6H2,2H3. The van der Waals surface area contributed by atoms with Gasteiger partial charge in [-0.25, -0.2) is 0 Å². The first-order valence-corrected chi connectivity index (χ1v) is 4.95. The maximum atomic E-state index is 12.4. The molecule has 0 fully saturated rings. The normalized spacial score (nSPS) is 11.1. The lowest BCUT2D eigenvalue weighted by Gasteiger charge is -2.10. The van der Waals surface area contributed by atoms with E-state index in [2.05, 4.69) is 11.9 Å². The van der Waals surface area contributed by atoms with Crippen molar-refractivity contribution < 1.29 is 18.1 Å². The van der Waals surface area contributed by atoms with Gasteiger partial charge in [0.1, 0.15) is 5.69 Å². The zero-order valence-electron chi connectivity index (χ0n) is 9.54. The van der Waals surface area contributed by atoms with Crippen LogP contribution in [0.4, 0.5) is 24.5 Å². The highest BCUT2D eigenvalue weighted by Crippen LogP contribution is 2.34. The zero-order valence-corrected chi connectivity index (χ0v) is 9.54. The van der Waals surface area contributed by atoms with Crippen molar-refractivity contribution in [3.63, 3.8) is 0 Å². The second-order valence-electron chi connectivity index (χ2n) is 3.80. The molecular formula is C11H11F3N2O2. The van der Waals surface area contributed by atoms with Gasteiger partial charge in [0.25, 0.3) is 5.69 Å². The van der Waals surface area contributed by atoms with Crippen LogP contribution in [-0.2, 0) is 6.18 Å². The van der Waals surface area contributed by atoms with Crippen LogP contribution in [0, 0.1) is 10.1 Å². The summed E-state index contributed by atoms with van der Waals surface area (Å²) in [5.74, 6) is 0. The monoisotopic (exact) mass is 260 g/mol. The topological polar surface area (TPSA) is 55.2 Å². The molecule has 0 amide bonds. The Balaban J connectivity index is 3.13. The fourth-order valence-electron chi connectivity index (χ4n) is 1.25. The van der Waals surface area contributed by atoms with Gasteiger partial charge in [-0.3, -0.25) is 10.1 Å². The summed E-state index contributed by atoms with van der Waals surface area (Å²) >= 11 is 0. The quantitative estimate of drug-likeness (QED) is 0.511. The molecule has 0 aliphatic heterocycles. The Morgan fingerprint density at radius 3 is 2.56 bits per heavy atom. The molecule has 0 bridgehead atoms. The number of nitro benzene ring substituents is 1. The van der Waals surface area contributed by atoms with E-state index in [4.69, 9.17) is 0 Å². The molecule has 0 saturated carbocycles. The zero-order chi connectivity index (χ0) is 13.9. The van der Waals surface area contributed by atoms with Crippen molar-refractivity contribution in [2.45, 2.75) is 13.1 Å². The highest BCUT2D eigenvalue weighted by Gasteiger charge is 2.32. The van der Waals surface area contributed by atoms with Gasteiger partial charge < -0.3 is 5.32 Å². The third-order valence-corrected chi connectivity index (χ3v) is 2.10. The number of nitro groups is 1. The molecule has 7 heteroatoms. The molecule has 0 radical (unpaired) electrons. The van der Waals surface area contributed by atoms with E-state index in [0.717, 1.165) is 12.1 Å². The van der Waals surface area contributed by atoms with E-state index in [0.29, 0.717) is 11.6 Å². The molecule has 1 N–H and O–H groups in total. The Bertz CT molecular complexity index is 484. The van der Waals surface area contributed by atoms with Crippen molar-refractivity contribution in [1.82, 2.24) is 0 Å². The lowest BCUT2D eigenvalue weighted by atomic mass is 10.1. The van der Waals surface area contributed by atoms with Crippen LogP contribution in [0.3, 0.4) is 0 Å². The first-order chi connectivity index (χ1) is 8.21. The molecule has 18 heavy (non-hydrogen) atoms. The molecule has 0 heterocycles. The van der Waals surface area contributed by atoms with E-state index in [9.17, 15) is 23.3 Å². The Morgan fingerprint density at radius 2 is 2.11 bits per heavy atom. The van der Waals surface area contributed by atoms with Gasteiger partial charge in [0.2, 0.25) is 0 Å². The Kier molecular flexibility index (Phi) is 3.95. The SMILES string of the molecule is C=C(C)CNc1ccc(C(F)(F)F)cc1[N+](=O)[O-]. The second-order valence-corrected chi connectivity index (χ2v) is 3.80. The molecule has 0 aliphatic carbocycles. The predicted molar refractivity (Wildman–Crippen MR) is 61.4 cm³/mol. The summed E-state index contributed by atoms with van der Waals surface area (Å²) in [4.78, 5) is 9.87. The molecule has 4 nitrogen and oxygen atoms in total. The number of hydrogen-bond acceptors (Lipinski definition) is 3. The van der Waals surface area contributed by atoms with Gasteiger partial charge in [-0.05, 0) is 19.1 Å². The van der Waals surface area contributed by atoms with E-state index < -0.39 is 22.4 Å². The molecule has 0 atom stereocenters. The van der Waals surface area contributed by atoms with Crippen LogP contribution in [0.5, 0.6) is 0 Å². The van der Waals surface area contributed by atoms with E-state index in [1.54, 1.807) is 6.92 Å². The minimum absolute atomic E-state index is 0.0380. The van der Waals surface area contributed by atoms with Crippen molar-refractivity contribution >= 4 is 11.4 Å². The van der Waals surface area contributed by atoms with Gasteiger partial charge in [0, 0.05) is 12.6 Å².